The van der Waals surface area contributed by atoms with Gasteiger partial charge in [-0.25, -0.2) is 0 Å². The van der Waals surface area contributed by atoms with Gasteiger partial charge in [-0.2, -0.15) is 11.8 Å². The summed E-state index contributed by atoms with van der Waals surface area (Å²) in [6.07, 6.45) is 4.02. The van der Waals surface area contributed by atoms with Gasteiger partial charge in [0.1, 0.15) is 0 Å². The molecular formula is C13H26N2OS. The van der Waals surface area contributed by atoms with Crippen LogP contribution in [0.5, 0.6) is 0 Å². The molecule has 3 nitrogen and oxygen atoms in total. The fourth-order valence-corrected chi connectivity index (χ4v) is 3.12. The van der Waals surface area contributed by atoms with E-state index in [0.29, 0.717) is 4.75 Å². The Hall–Kier alpha value is -0.220. The summed E-state index contributed by atoms with van der Waals surface area (Å²) in [5.41, 5.74) is 5.95. The Morgan fingerprint density at radius 1 is 1.47 bits per heavy atom. The van der Waals surface area contributed by atoms with E-state index in [4.69, 9.17) is 5.73 Å². The number of carbonyl (C=O) groups is 1. The quantitative estimate of drug-likeness (QED) is 0.841. The molecule has 0 aromatic carbocycles. The zero-order chi connectivity index (χ0) is 12.9. The Balaban J connectivity index is 2.46. The molecule has 1 rings (SSSR count). The highest BCUT2D eigenvalue weighted by atomic mass is 32.2. The van der Waals surface area contributed by atoms with Gasteiger partial charge in [0.05, 0.1) is 6.04 Å². The number of nitrogens with zero attached hydrogens (tertiary/aromatic N) is 1. The number of unbranched alkanes of at least 4 members (excludes halogenated alkanes) is 1. The maximum atomic E-state index is 12.2. The van der Waals surface area contributed by atoms with Gasteiger partial charge in [0, 0.05) is 23.6 Å². The molecule has 1 heterocycles. The molecule has 0 aliphatic carbocycles. The summed E-state index contributed by atoms with van der Waals surface area (Å²) in [6, 6.07) is -0.291. The molecule has 1 amide bonds. The number of nitrogens with two attached hydrogens (primary N) is 1. The molecule has 0 aromatic heterocycles. The van der Waals surface area contributed by atoms with Crippen molar-refractivity contribution in [2.45, 2.75) is 57.2 Å². The third-order valence-electron chi connectivity index (χ3n) is 3.34. The predicted molar refractivity (Wildman–Crippen MR) is 75.2 cm³/mol. The highest BCUT2D eigenvalue weighted by Crippen LogP contribution is 2.30. The van der Waals surface area contributed by atoms with Crippen molar-refractivity contribution < 1.29 is 4.79 Å². The van der Waals surface area contributed by atoms with Gasteiger partial charge in [-0.15, -0.1) is 0 Å². The van der Waals surface area contributed by atoms with Crippen LogP contribution in [0.15, 0.2) is 0 Å². The minimum absolute atomic E-state index is 0.150. The molecule has 1 fully saturated rings. The summed E-state index contributed by atoms with van der Waals surface area (Å²) in [6.45, 7) is 8.35. The van der Waals surface area contributed by atoms with E-state index >= 15 is 0 Å². The van der Waals surface area contributed by atoms with E-state index in [1.807, 2.05) is 16.7 Å². The molecule has 0 saturated carbocycles. The van der Waals surface area contributed by atoms with E-state index in [1.54, 1.807) is 0 Å². The van der Waals surface area contributed by atoms with E-state index in [-0.39, 0.29) is 11.9 Å². The van der Waals surface area contributed by atoms with Crippen LogP contribution in [0, 0.1) is 0 Å². The zero-order valence-electron chi connectivity index (χ0n) is 11.4. The molecule has 1 aliphatic heterocycles. The summed E-state index contributed by atoms with van der Waals surface area (Å²) >= 11 is 1.96. The lowest BCUT2D eigenvalue weighted by atomic mass is 10.1. The van der Waals surface area contributed by atoms with Gasteiger partial charge in [0.2, 0.25) is 5.91 Å². The number of carbonyl (C=O) groups excluding carboxylic acids is 1. The minimum atomic E-state index is -0.291. The van der Waals surface area contributed by atoms with Crippen molar-refractivity contribution in [1.29, 1.82) is 0 Å². The van der Waals surface area contributed by atoms with E-state index in [0.717, 1.165) is 44.5 Å². The Labute approximate surface area is 109 Å². The summed E-state index contributed by atoms with van der Waals surface area (Å²) in [5, 5.41) is 0. The van der Waals surface area contributed by atoms with Gasteiger partial charge < -0.3 is 10.6 Å². The fourth-order valence-electron chi connectivity index (χ4n) is 2.02. The van der Waals surface area contributed by atoms with Gasteiger partial charge in [-0.3, -0.25) is 4.79 Å². The second-order valence-corrected chi connectivity index (χ2v) is 7.23. The summed E-state index contributed by atoms with van der Waals surface area (Å²) in [7, 11) is 0. The summed E-state index contributed by atoms with van der Waals surface area (Å²) in [5.74, 6) is 1.18. The van der Waals surface area contributed by atoms with Gasteiger partial charge >= 0.3 is 0 Å². The molecule has 1 unspecified atom stereocenters. The van der Waals surface area contributed by atoms with Crippen LogP contribution in [0.2, 0.25) is 0 Å². The topological polar surface area (TPSA) is 46.3 Å². The summed E-state index contributed by atoms with van der Waals surface area (Å²) < 4.78 is 0.294. The van der Waals surface area contributed by atoms with Gasteiger partial charge in [-0.05, 0) is 12.8 Å². The third-order valence-corrected chi connectivity index (χ3v) is 4.71. The van der Waals surface area contributed by atoms with Crippen molar-refractivity contribution >= 4 is 17.7 Å². The Morgan fingerprint density at radius 3 is 2.82 bits per heavy atom. The minimum Gasteiger partial charge on any atom is -0.340 e. The lowest BCUT2D eigenvalue weighted by molar-refractivity contribution is -0.132. The van der Waals surface area contributed by atoms with Crippen molar-refractivity contribution in [2.24, 2.45) is 5.73 Å². The van der Waals surface area contributed by atoms with Crippen molar-refractivity contribution in [1.82, 2.24) is 4.90 Å². The average Bonchev–Trinajstić information content (AvgIpc) is 2.46. The SMILES string of the molecule is CCCCC(N)C(=O)N1CCSC(C)(C)CC1. The lowest BCUT2D eigenvalue weighted by Crippen LogP contribution is -2.44. The smallest absolute Gasteiger partial charge is 0.239 e. The maximum absolute atomic E-state index is 12.2. The van der Waals surface area contributed by atoms with E-state index < -0.39 is 0 Å². The van der Waals surface area contributed by atoms with Crippen LogP contribution in [0.4, 0.5) is 0 Å². The molecular weight excluding hydrogens is 232 g/mol. The molecule has 0 aromatic rings. The number of rotatable bonds is 4. The molecule has 100 valence electrons. The van der Waals surface area contributed by atoms with Crippen LogP contribution in [-0.4, -0.2) is 40.4 Å². The van der Waals surface area contributed by atoms with Crippen molar-refractivity contribution in [3.8, 4) is 0 Å². The molecule has 4 heteroatoms. The Bertz CT molecular complexity index is 256. The van der Waals surface area contributed by atoms with Crippen molar-refractivity contribution in [2.75, 3.05) is 18.8 Å². The molecule has 1 saturated heterocycles. The average molecular weight is 258 g/mol. The monoisotopic (exact) mass is 258 g/mol. The first kappa shape index (κ1) is 14.8. The third kappa shape index (κ3) is 4.88. The zero-order valence-corrected chi connectivity index (χ0v) is 12.2. The maximum Gasteiger partial charge on any atom is 0.239 e. The predicted octanol–water partition coefficient (Wildman–Crippen LogP) is 2.25. The molecule has 1 atom stereocenters. The van der Waals surface area contributed by atoms with E-state index in [1.165, 1.54) is 0 Å². The van der Waals surface area contributed by atoms with Crippen LogP contribution in [-0.2, 0) is 4.79 Å². The molecule has 17 heavy (non-hydrogen) atoms. The number of thioether (sulfide) groups is 1. The standard InChI is InChI=1S/C13H26N2OS/c1-4-5-6-11(14)12(16)15-8-7-13(2,3)17-10-9-15/h11H,4-10,14H2,1-3H3. The van der Waals surface area contributed by atoms with Gasteiger partial charge in [0.15, 0.2) is 0 Å². The van der Waals surface area contributed by atoms with Crippen LogP contribution >= 0.6 is 11.8 Å². The highest BCUT2D eigenvalue weighted by molar-refractivity contribution is 8.00. The van der Waals surface area contributed by atoms with Crippen molar-refractivity contribution in [3.05, 3.63) is 0 Å². The molecule has 0 radical (unpaired) electrons. The number of hydrogen-bond acceptors (Lipinski definition) is 3. The molecule has 1 aliphatic rings. The first-order valence-electron chi connectivity index (χ1n) is 6.64. The fraction of sp³-hybridized carbons (Fsp3) is 0.923. The van der Waals surface area contributed by atoms with E-state index in [9.17, 15) is 4.79 Å². The highest BCUT2D eigenvalue weighted by Gasteiger charge is 2.27. The van der Waals surface area contributed by atoms with Crippen LogP contribution < -0.4 is 5.73 Å². The van der Waals surface area contributed by atoms with Crippen molar-refractivity contribution in [3.63, 3.8) is 0 Å². The molecule has 2 N–H and O–H groups in total. The second-order valence-electron chi connectivity index (χ2n) is 5.43. The largest absolute Gasteiger partial charge is 0.340 e. The number of hydrogen-bond donors (Lipinski definition) is 1. The van der Waals surface area contributed by atoms with Crippen LogP contribution in [0.25, 0.3) is 0 Å². The molecule has 0 spiro atoms. The first-order chi connectivity index (χ1) is 7.96. The first-order valence-corrected chi connectivity index (χ1v) is 7.63. The number of amides is 1. The lowest BCUT2D eigenvalue weighted by Gasteiger charge is -2.25. The van der Waals surface area contributed by atoms with Crippen LogP contribution in [0.1, 0.15) is 46.5 Å². The van der Waals surface area contributed by atoms with Crippen LogP contribution in [0.3, 0.4) is 0 Å². The Morgan fingerprint density at radius 2 is 2.18 bits per heavy atom. The normalized spacial score (nSPS) is 22.0. The second kappa shape index (κ2) is 6.64. The van der Waals surface area contributed by atoms with E-state index in [2.05, 4.69) is 20.8 Å². The van der Waals surface area contributed by atoms with Gasteiger partial charge in [0.25, 0.3) is 0 Å². The Kier molecular flexibility index (Phi) is 5.80. The molecule has 0 bridgehead atoms. The van der Waals surface area contributed by atoms with Gasteiger partial charge in [-0.1, -0.05) is 33.6 Å². The summed E-state index contributed by atoms with van der Waals surface area (Å²) in [4.78, 5) is 14.1.